The van der Waals surface area contributed by atoms with Gasteiger partial charge in [-0.05, 0) is 36.6 Å². The average Bonchev–Trinajstić information content (AvgIpc) is 2.92. The van der Waals surface area contributed by atoms with Crippen molar-refractivity contribution in [2.75, 3.05) is 6.54 Å². The van der Waals surface area contributed by atoms with Crippen molar-refractivity contribution in [3.63, 3.8) is 0 Å². The number of alkyl halides is 2. The lowest BCUT2D eigenvalue weighted by Gasteiger charge is -2.18. The van der Waals surface area contributed by atoms with Crippen LogP contribution in [0.5, 0.6) is 0 Å². The quantitative estimate of drug-likeness (QED) is 0.547. The summed E-state index contributed by atoms with van der Waals surface area (Å²) in [6.45, 7) is 4.65. The number of allylic oxidation sites excluding steroid dienone is 3. The highest BCUT2D eigenvalue weighted by molar-refractivity contribution is 6.44. The van der Waals surface area contributed by atoms with E-state index >= 15 is 0 Å². The lowest BCUT2D eigenvalue weighted by atomic mass is 9.98. The van der Waals surface area contributed by atoms with Crippen molar-refractivity contribution in [1.29, 1.82) is 0 Å². The molecule has 1 unspecified atom stereocenters. The van der Waals surface area contributed by atoms with Crippen LogP contribution in [0.4, 0.5) is 0 Å². The van der Waals surface area contributed by atoms with E-state index in [2.05, 4.69) is 12.8 Å². The zero-order valence-electron chi connectivity index (χ0n) is 13.2. The molecule has 1 aromatic rings. The zero-order chi connectivity index (χ0) is 17.0. The number of rotatable bonds is 4. The predicted octanol–water partition coefficient (Wildman–Crippen LogP) is 5.11. The molecule has 1 aliphatic heterocycles. The van der Waals surface area contributed by atoms with E-state index in [1.165, 1.54) is 0 Å². The van der Waals surface area contributed by atoms with Crippen LogP contribution in [0.3, 0.4) is 0 Å². The molecule has 0 saturated heterocycles. The molecule has 1 atom stereocenters. The molecule has 0 aromatic heterocycles. The summed E-state index contributed by atoms with van der Waals surface area (Å²) < 4.78 is 0. The van der Waals surface area contributed by atoms with Crippen LogP contribution in [0.25, 0.3) is 0 Å². The number of nitrogens with zero attached hydrogens (tertiary/aromatic N) is 1. The average molecular weight is 348 g/mol. The fourth-order valence-corrected chi connectivity index (χ4v) is 3.08. The van der Waals surface area contributed by atoms with Gasteiger partial charge < -0.3 is 4.90 Å². The maximum atomic E-state index is 12.9. The van der Waals surface area contributed by atoms with Gasteiger partial charge >= 0.3 is 0 Å². The zero-order valence-corrected chi connectivity index (χ0v) is 14.7. The van der Waals surface area contributed by atoms with Crippen molar-refractivity contribution < 1.29 is 4.79 Å². The van der Waals surface area contributed by atoms with Gasteiger partial charge in [-0.1, -0.05) is 37.1 Å². The van der Waals surface area contributed by atoms with E-state index in [1.54, 1.807) is 29.2 Å². The first-order chi connectivity index (χ1) is 11.0. The number of hydrogen-bond acceptors (Lipinski definition) is 1. The van der Waals surface area contributed by atoms with Crippen molar-refractivity contribution >= 4 is 29.1 Å². The summed E-state index contributed by atoms with van der Waals surface area (Å²) in [4.78, 5) is 13.9. The minimum Gasteiger partial charge on any atom is -0.300 e. The summed E-state index contributed by atoms with van der Waals surface area (Å²) in [6, 6.07) is 7.05. The molecule has 0 fully saturated rings. The number of hydrogen-bond donors (Lipinski definition) is 0. The molecular weight excluding hydrogens is 329 g/mol. The molecule has 0 N–H and O–H groups in total. The monoisotopic (exact) mass is 347 g/mol. The van der Waals surface area contributed by atoms with Gasteiger partial charge in [-0.25, -0.2) is 0 Å². The maximum Gasteiger partial charge on any atom is 0.258 e. The summed E-state index contributed by atoms with van der Waals surface area (Å²) in [5.41, 5.74) is 2.94. The minimum atomic E-state index is -0.661. The van der Waals surface area contributed by atoms with Gasteiger partial charge in [0.25, 0.3) is 5.91 Å². The molecular formula is C19H19Cl2NO. The fraction of sp³-hybridized carbons (Fsp3) is 0.316. The first-order valence-corrected chi connectivity index (χ1v) is 8.44. The van der Waals surface area contributed by atoms with E-state index in [1.807, 2.05) is 19.1 Å². The molecule has 1 aromatic carbocycles. The number of amides is 1. The van der Waals surface area contributed by atoms with Crippen LogP contribution >= 0.6 is 23.2 Å². The van der Waals surface area contributed by atoms with E-state index in [4.69, 9.17) is 29.6 Å². The molecule has 1 heterocycles. The summed E-state index contributed by atoms with van der Waals surface area (Å²) in [7, 11) is 0. The van der Waals surface area contributed by atoms with Gasteiger partial charge in [-0.3, -0.25) is 4.79 Å². The van der Waals surface area contributed by atoms with Crippen LogP contribution in [0, 0.1) is 18.3 Å². The number of terminal acetylenes is 1. The van der Waals surface area contributed by atoms with Crippen molar-refractivity contribution in [2.24, 2.45) is 5.92 Å². The SMILES string of the molecule is C#CC1=C(/C=C\C)C(CC)CN1C(=O)c1cccc(C(Cl)Cl)c1. The van der Waals surface area contributed by atoms with E-state index in [9.17, 15) is 4.79 Å². The van der Waals surface area contributed by atoms with E-state index < -0.39 is 4.84 Å². The molecule has 0 saturated carbocycles. The van der Waals surface area contributed by atoms with Crippen molar-refractivity contribution in [3.8, 4) is 12.3 Å². The Hall–Kier alpha value is -1.69. The lowest BCUT2D eigenvalue weighted by Crippen LogP contribution is -2.29. The Morgan fingerprint density at radius 1 is 1.52 bits per heavy atom. The molecule has 0 radical (unpaired) electrons. The number of halogens is 2. The van der Waals surface area contributed by atoms with Gasteiger partial charge in [0.2, 0.25) is 0 Å². The fourth-order valence-electron chi connectivity index (χ4n) is 2.81. The molecule has 1 aliphatic rings. The Kier molecular flexibility index (Phi) is 5.93. The van der Waals surface area contributed by atoms with Crippen LogP contribution in [0.15, 0.2) is 47.7 Å². The smallest absolute Gasteiger partial charge is 0.258 e. The Morgan fingerprint density at radius 3 is 2.83 bits per heavy atom. The number of benzene rings is 1. The Balaban J connectivity index is 2.40. The number of carbonyl (C=O) groups is 1. The molecule has 0 spiro atoms. The third-order valence-electron chi connectivity index (χ3n) is 3.99. The highest BCUT2D eigenvalue weighted by Gasteiger charge is 2.32. The third kappa shape index (κ3) is 3.63. The highest BCUT2D eigenvalue weighted by atomic mass is 35.5. The normalized spacial score (nSPS) is 18.1. The van der Waals surface area contributed by atoms with E-state index in [0.717, 1.165) is 12.0 Å². The Morgan fingerprint density at radius 2 is 2.26 bits per heavy atom. The molecule has 120 valence electrons. The van der Waals surface area contributed by atoms with Crippen LogP contribution < -0.4 is 0 Å². The number of carbonyl (C=O) groups excluding carboxylic acids is 1. The second-order valence-corrected chi connectivity index (χ2v) is 6.49. The second-order valence-electron chi connectivity index (χ2n) is 5.40. The van der Waals surface area contributed by atoms with Crippen molar-refractivity contribution in [2.45, 2.75) is 25.1 Å². The van der Waals surface area contributed by atoms with Gasteiger partial charge in [-0.15, -0.1) is 29.6 Å². The maximum absolute atomic E-state index is 12.9. The minimum absolute atomic E-state index is 0.119. The molecule has 1 amide bonds. The summed E-state index contributed by atoms with van der Waals surface area (Å²) in [5, 5.41) is 0. The van der Waals surface area contributed by atoms with Crippen LogP contribution in [0.2, 0.25) is 0 Å². The van der Waals surface area contributed by atoms with Crippen molar-refractivity contribution in [3.05, 3.63) is 58.8 Å². The first-order valence-electron chi connectivity index (χ1n) is 7.56. The predicted molar refractivity (Wildman–Crippen MR) is 96.4 cm³/mol. The van der Waals surface area contributed by atoms with Crippen LogP contribution in [-0.4, -0.2) is 17.4 Å². The van der Waals surface area contributed by atoms with Crippen LogP contribution in [-0.2, 0) is 0 Å². The van der Waals surface area contributed by atoms with E-state index in [-0.39, 0.29) is 11.8 Å². The van der Waals surface area contributed by atoms with E-state index in [0.29, 0.717) is 23.4 Å². The van der Waals surface area contributed by atoms with Gasteiger partial charge in [0.1, 0.15) is 4.84 Å². The largest absolute Gasteiger partial charge is 0.300 e. The van der Waals surface area contributed by atoms with Crippen molar-refractivity contribution in [1.82, 2.24) is 4.90 Å². The van der Waals surface area contributed by atoms with Gasteiger partial charge in [0.05, 0.1) is 5.70 Å². The van der Waals surface area contributed by atoms with Gasteiger partial charge in [0, 0.05) is 18.0 Å². The standard InChI is InChI=1S/C19H19Cl2NO/c1-4-8-16-13(5-2)12-22(17(16)6-3)19(23)15-10-7-9-14(11-15)18(20)21/h3-4,7-11,13,18H,5,12H2,1-2H3/b8-4-. The van der Waals surface area contributed by atoms with Gasteiger partial charge in [0.15, 0.2) is 0 Å². The molecule has 0 bridgehead atoms. The topological polar surface area (TPSA) is 20.3 Å². The first kappa shape index (κ1) is 17.7. The summed E-state index contributed by atoms with van der Waals surface area (Å²) in [5.74, 6) is 2.83. The molecule has 23 heavy (non-hydrogen) atoms. The second kappa shape index (κ2) is 7.73. The molecule has 0 aliphatic carbocycles. The summed E-state index contributed by atoms with van der Waals surface area (Å²) >= 11 is 11.8. The lowest BCUT2D eigenvalue weighted by molar-refractivity contribution is 0.0815. The Labute approximate surface area is 147 Å². The molecule has 2 rings (SSSR count). The van der Waals surface area contributed by atoms with Crippen LogP contribution in [0.1, 0.15) is 41.0 Å². The Bertz CT molecular complexity index is 698. The van der Waals surface area contributed by atoms with Gasteiger partial charge in [-0.2, -0.15) is 0 Å². The molecule has 4 heteroatoms. The summed E-state index contributed by atoms with van der Waals surface area (Å²) in [6.07, 6.45) is 10.6. The highest BCUT2D eigenvalue weighted by Crippen LogP contribution is 2.33. The third-order valence-corrected chi connectivity index (χ3v) is 4.50. The molecule has 2 nitrogen and oxygen atoms in total.